The van der Waals surface area contributed by atoms with Crippen molar-refractivity contribution in [2.75, 3.05) is 33.3 Å². The van der Waals surface area contributed by atoms with E-state index in [9.17, 15) is 0 Å². The molecule has 128 valence electrons. The molecule has 1 N–H and O–H groups in total. The second-order valence-electron chi connectivity index (χ2n) is 6.76. The van der Waals surface area contributed by atoms with E-state index < -0.39 is 0 Å². The van der Waals surface area contributed by atoms with Gasteiger partial charge in [0.1, 0.15) is 12.4 Å². The Morgan fingerprint density at radius 1 is 1.25 bits per heavy atom. The second kappa shape index (κ2) is 8.32. The van der Waals surface area contributed by atoms with E-state index in [0.29, 0.717) is 6.61 Å². The molecule has 0 aliphatic carbocycles. The van der Waals surface area contributed by atoms with Crippen LogP contribution in [0, 0.1) is 0 Å². The first-order valence-electron chi connectivity index (χ1n) is 8.92. The van der Waals surface area contributed by atoms with Crippen molar-refractivity contribution in [3.8, 4) is 5.75 Å². The molecule has 0 aromatic heterocycles. The molecular weight excluding hydrogens is 296 g/mol. The molecule has 1 heterocycles. The molecule has 0 amide bonds. The van der Waals surface area contributed by atoms with Gasteiger partial charge >= 0.3 is 0 Å². The number of benzene rings is 2. The van der Waals surface area contributed by atoms with Crippen molar-refractivity contribution in [2.24, 2.45) is 0 Å². The Bertz CT molecular complexity index is 677. The van der Waals surface area contributed by atoms with E-state index in [1.54, 1.807) is 0 Å². The first-order chi connectivity index (χ1) is 11.7. The first-order valence-corrected chi connectivity index (χ1v) is 8.92. The van der Waals surface area contributed by atoms with Gasteiger partial charge in [-0.05, 0) is 56.4 Å². The Hall–Kier alpha value is -1.84. The monoisotopic (exact) mass is 324 g/mol. The Labute approximate surface area is 145 Å². The van der Waals surface area contributed by atoms with Crippen molar-refractivity contribution in [3.63, 3.8) is 0 Å². The highest BCUT2D eigenvalue weighted by atomic mass is 16.5. The normalized spacial score (nSPS) is 18.1. The molecule has 1 unspecified atom stereocenters. The fourth-order valence-corrected chi connectivity index (χ4v) is 3.43. The molecule has 0 spiro atoms. The molecule has 0 saturated carbocycles. The Kier molecular flexibility index (Phi) is 5.89. The minimum atomic E-state index is 0.560. The van der Waals surface area contributed by atoms with E-state index in [-0.39, 0.29) is 0 Å². The van der Waals surface area contributed by atoms with Crippen LogP contribution in [-0.2, 0) is 0 Å². The molecular formula is C21H28N2O. The maximum absolute atomic E-state index is 5.98. The molecule has 1 fully saturated rings. The van der Waals surface area contributed by atoms with Crippen LogP contribution in [-0.4, -0.2) is 44.2 Å². The lowest BCUT2D eigenvalue weighted by Crippen LogP contribution is -2.30. The van der Waals surface area contributed by atoms with Gasteiger partial charge in [-0.2, -0.15) is 0 Å². The van der Waals surface area contributed by atoms with E-state index in [0.717, 1.165) is 35.8 Å². The molecule has 0 bridgehead atoms. The molecule has 3 heteroatoms. The van der Waals surface area contributed by atoms with E-state index in [2.05, 4.69) is 48.1 Å². The third-order valence-corrected chi connectivity index (χ3v) is 4.88. The Morgan fingerprint density at radius 2 is 2.08 bits per heavy atom. The van der Waals surface area contributed by atoms with Gasteiger partial charge in [0.25, 0.3) is 0 Å². The van der Waals surface area contributed by atoms with Gasteiger partial charge in [-0.3, -0.25) is 0 Å². The highest BCUT2D eigenvalue weighted by Gasteiger charge is 2.19. The summed E-state index contributed by atoms with van der Waals surface area (Å²) >= 11 is 0. The molecule has 0 radical (unpaired) electrons. The SMILES string of the molecule is C=C(CNCCC1CCCN1C)COc1cccc2ccccc12. The number of ether oxygens (including phenoxy) is 1. The number of hydrogen-bond donors (Lipinski definition) is 1. The van der Waals surface area contributed by atoms with Crippen molar-refractivity contribution in [2.45, 2.75) is 25.3 Å². The maximum atomic E-state index is 5.98. The summed E-state index contributed by atoms with van der Waals surface area (Å²) in [5.74, 6) is 0.932. The molecule has 3 nitrogen and oxygen atoms in total. The number of fused-ring (bicyclic) bond motifs is 1. The van der Waals surface area contributed by atoms with Crippen molar-refractivity contribution >= 4 is 10.8 Å². The predicted octanol–water partition coefficient (Wildman–Crippen LogP) is 3.85. The summed E-state index contributed by atoms with van der Waals surface area (Å²) in [6.45, 7) is 7.81. The van der Waals surface area contributed by atoms with Crippen LogP contribution in [0.5, 0.6) is 5.75 Å². The maximum Gasteiger partial charge on any atom is 0.127 e. The standard InChI is InChI=1S/C21H28N2O/c1-17(15-22-13-12-19-9-6-14-23(19)2)16-24-21-11-5-8-18-7-3-4-10-20(18)21/h3-5,7-8,10-11,19,22H,1,6,9,12-16H2,2H3. The lowest BCUT2D eigenvalue weighted by Gasteiger charge is -2.19. The molecule has 1 aliphatic rings. The van der Waals surface area contributed by atoms with Crippen LogP contribution in [0.25, 0.3) is 10.8 Å². The largest absolute Gasteiger partial charge is 0.489 e. The summed E-state index contributed by atoms with van der Waals surface area (Å²) in [7, 11) is 2.23. The number of nitrogens with zero attached hydrogens (tertiary/aromatic N) is 1. The average Bonchev–Trinajstić information content (AvgIpc) is 3.02. The van der Waals surface area contributed by atoms with E-state index in [1.807, 2.05) is 18.2 Å². The molecule has 1 aliphatic heterocycles. The van der Waals surface area contributed by atoms with Crippen molar-refractivity contribution in [1.82, 2.24) is 10.2 Å². The molecule has 2 aromatic rings. The van der Waals surface area contributed by atoms with Gasteiger partial charge in [-0.15, -0.1) is 0 Å². The summed E-state index contributed by atoms with van der Waals surface area (Å²) in [5.41, 5.74) is 1.09. The molecule has 24 heavy (non-hydrogen) atoms. The summed E-state index contributed by atoms with van der Waals surface area (Å²) < 4.78 is 5.98. The number of likely N-dealkylation sites (tertiary alicyclic amines) is 1. The average molecular weight is 324 g/mol. The fourth-order valence-electron chi connectivity index (χ4n) is 3.43. The van der Waals surface area contributed by atoms with Crippen molar-refractivity contribution in [3.05, 3.63) is 54.6 Å². The van der Waals surface area contributed by atoms with Crippen LogP contribution in [0.15, 0.2) is 54.6 Å². The second-order valence-corrected chi connectivity index (χ2v) is 6.76. The molecule has 1 saturated heterocycles. The summed E-state index contributed by atoms with van der Waals surface area (Å²) in [5, 5.41) is 5.87. The van der Waals surface area contributed by atoms with Gasteiger partial charge in [0.15, 0.2) is 0 Å². The number of rotatable bonds is 8. The van der Waals surface area contributed by atoms with Gasteiger partial charge < -0.3 is 15.0 Å². The molecule has 3 rings (SSSR count). The topological polar surface area (TPSA) is 24.5 Å². The zero-order valence-electron chi connectivity index (χ0n) is 14.6. The first kappa shape index (κ1) is 17.0. The van der Waals surface area contributed by atoms with Gasteiger partial charge in [-0.25, -0.2) is 0 Å². The van der Waals surface area contributed by atoms with Crippen LogP contribution >= 0.6 is 0 Å². The van der Waals surface area contributed by atoms with Crippen LogP contribution in [0.4, 0.5) is 0 Å². The van der Waals surface area contributed by atoms with Crippen LogP contribution in [0.1, 0.15) is 19.3 Å². The quantitative estimate of drug-likeness (QED) is 0.590. The number of nitrogens with one attached hydrogen (secondary N) is 1. The third kappa shape index (κ3) is 4.37. The van der Waals surface area contributed by atoms with Crippen molar-refractivity contribution < 1.29 is 4.74 Å². The molecule has 1 atom stereocenters. The van der Waals surface area contributed by atoms with E-state index in [1.165, 1.54) is 31.2 Å². The number of hydrogen-bond acceptors (Lipinski definition) is 3. The fraction of sp³-hybridized carbons (Fsp3) is 0.429. The Morgan fingerprint density at radius 3 is 2.92 bits per heavy atom. The van der Waals surface area contributed by atoms with Crippen LogP contribution in [0.3, 0.4) is 0 Å². The van der Waals surface area contributed by atoms with Gasteiger partial charge in [0, 0.05) is 18.0 Å². The van der Waals surface area contributed by atoms with Gasteiger partial charge in [0.2, 0.25) is 0 Å². The zero-order valence-corrected chi connectivity index (χ0v) is 14.6. The smallest absolute Gasteiger partial charge is 0.127 e. The lowest BCUT2D eigenvalue weighted by molar-refractivity contribution is 0.293. The van der Waals surface area contributed by atoms with E-state index in [4.69, 9.17) is 4.74 Å². The minimum Gasteiger partial charge on any atom is -0.489 e. The van der Waals surface area contributed by atoms with Crippen LogP contribution in [0.2, 0.25) is 0 Å². The lowest BCUT2D eigenvalue weighted by atomic mass is 10.1. The highest BCUT2D eigenvalue weighted by Crippen LogP contribution is 2.25. The third-order valence-electron chi connectivity index (χ3n) is 4.88. The predicted molar refractivity (Wildman–Crippen MR) is 102 cm³/mol. The zero-order chi connectivity index (χ0) is 16.8. The Balaban J connectivity index is 1.40. The van der Waals surface area contributed by atoms with Crippen molar-refractivity contribution in [1.29, 1.82) is 0 Å². The summed E-state index contributed by atoms with van der Waals surface area (Å²) in [4.78, 5) is 2.47. The molecule has 2 aromatic carbocycles. The van der Waals surface area contributed by atoms with Crippen LogP contribution < -0.4 is 10.1 Å². The minimum absolute atomic E-state index is 0.560. The van der Waals surface area contributed by atoms with E-state index >= 15 is 0 Å². The summed E-state index contributed by atoms with van der Waals surface area (Å²) in [6, 6.07) is 15.2. The highest BCUT2D eigenvalue weighted by molar-refractivity contribution is 5.88. The van der Waals surface area contributed by atoms with Gasteiger partial charge in [0.05, 0.1) is 0 Å². The summed E-state index contributed by atoms with van der Waals surface area (Å²) in [6.07, 6.45) is 3.89. The van der Waals surface area contributed by atoms with Gasteiger partial charge in [-0.1, -0.05) is 43.0 Å².